The zero-order valence-corrected chi connectivity index (χ0v) is 16.2. The van der Waals surface area contributed by atoms with Gasteiger partial charge in [0.05, 0.1) is 34.7 Å². The van der Waals surface area contributed by atoms with Crippen LogP contribution in [0.5, 0.6) is 0 Å². The topological polar surface area (TPSA) is 76.0 Å². The maximum atomic E-state index is 13.1. The van der Waals surface area contributed by atoms with E-state index in [1.807, 2.05) is 0 Å². The van der Waals surface area contributed by atoms with E-state index in [4.69, 9.17) is 16.3 Å². The van der Waals surface area contributed by atoms with E-state index in [2.05, 4.69) is 4.99 Å². The van der Waals surface area contributed by atoms with E-state index >= 15 is 0 Å². The van der Waals surface area contributed by atoms with Gasteiger partial charge < -0.3 is 9.84 Å². The molecule has 3 rings (SSSR count). The molecule has 0 aromatic carbocycles. The van der Waals surface area contributed by atoms with E-state index in [0.29, 0.717) is 28.3 Å². The van der Waals surface area contributed by atoms with Crippen LogP contribution < -0.4 is 0 Å². The van der Waals surface area contributed by atoms with E-state index in [-0.39, 0.29) is 33.2 Å². The highest BCUT2D eigenvalue weighted by Gasteiger charge is 2.38. The summed E-state index contributed by atoms with van der Waals surface area (Å²) < 4.78 is 44.0. The Morgan fingerprint density at radius 3 is 2.57 bits per heavy atom. The van der Waals surface area contributed by atoms with E-state index in [9.17, 15) is 27.9 Å². The van der Waals surface area contributed by atoms with Crippen LogP contribution in [-0.2, 0) is 15.7 Å². The Morgan fingerprint density at radius 2 is 2.04 bits per heavy atom. The molecular formula is C18H13ClF3NO4S. The van der Waals surface area contributed by atoms with Crippen molar-refractivity contribution in [2.24, 2.45) is 4.99 Å². The van der Waals surface area contributed by atoms with Crippen molar-refractivity contribution >= 4 is 40.4 Å². The van der Waals surface area contributed by atoms with Gasteiger partial charge in [0.15, 0.2) is 0 Å². The molecule has 0 bridgehead atoms. The number of rotatable bonds is 5. The Labute approximate surface area is 166 Å². The molecular weight excluding hydrogens is 419 g/mol. The van der Waals surface area contributed by atoms with Gasteiger partial charge >= 0.3 is 12.1 Å². The zero-order chi connectivity index (χ0) is 20.8. The van der Waals surface area contributed by atoms with E-state index < -0.39 is 29.2 Å². The minimum Gasteiger partial charge on any atom is -0.495 e. The Kier molecular flexibility index (Phi) is 5.24. The van der Waals surface area contributed by atoms with Gasteiger partial charge in [-0.2, -0.15) is 13.2 Å². The summed E-state index contributed by atoms with van der Waals surface area (Å²) in [5.74, 6) is -1.84. The molecule has 0 saturated carbocycles. The third-order valence-electron chi connectivity index (χ3n) is 4.24. The quantitative estimate of drug-likeness (QED) is 0.669. The summed E-state index contributed by atoms with van der Waals surface area (Å²) in [6.45, 7) is 1.60. The number of carbonyl (C=O) groups excluding carboxylic acids is 1. The summed E-state index contributed by atoms with van der Waals surface area (Å²) in [6.07, 6.45) is -4.83. The fourth-order valence-electron chi connectivity index (χ4n) is 3.11. The molecule has 1 aromatic rings. The van der Waals surface area contributed by atoms with Crippen molar-refractivity contribution in [2.45, 2.75) is 25.9 Å². The van der Waals surface area contributed by atoms with Crippen LogP contribution in [0.3, 0.4) is 0 Å². The molecule has 0 fully saturated rings. The Balaban J connectivity index is 2.19. The number of halogens is 4. The molecule has 10 heteroatoms. The highest BCUT2D eigenvalue weighted by molar-refractivity contribution is 7.14. The number of thiophene rings is 1. The lowest BCUT2D eigenvalue weighted by Crippen LogP contribution is -2.20. The summed E-state index contributed by atoms with van der Waals surface area (Å²) in [5.41, 5.74) is 1.34. The van der Waals surface area contributed by atoms with Gasteiger partial charge in [-0.15, -0.1) is 11.3 Å². The van der Waals surface area contributed by atoms with Crippen molar-refractivity contribution < 1.29 is 32.6 Å². The monoisotopic (exact) mass is 431 g/mol. The summed E-state index contributed by atoms with van der Waals surface area (Å²) in [7, 11) is 1.28. The second-order valence-electron chi connectivity index (χ2n) is 6.05. The molecule has 1 aliphatic carbocycles. The SMILES string of the molecule is COC1=C(Cl)CC2=NC(C)=C(CC(=O)O)C2=C1C(=O)c1ccc(C(F)(F)F)s1. The van der Waals surface area contributed by atoms with Crippen LogP contribution in [0.1, 0.15) is 34.3 Å². The second-order valence-corrected chi connectivity index (χ2v) is 7.59. The molecule has 5 nitrogen and oxygen atoms in total. The number of alkyl halides is 3. The molecule has 148 valence electrons. The maximum absolute atomic E-state index is 13.1. The molecule has 0 amide bonds. The summed E-state index contributed by atoms with van der Waals surface area (Å²) in [4.78, 5) is 27.6. The number of fused-ring (bicyclic) bond motifs is 1. The van der Waals surface area contributed by atoms with Crippen molar-refractivity contribution in [1.82, 2.24) is 0 Å². The molecule has 1 aromatic heterocycles. The summed E-state index contributed by atoms with van der Waals surface area (Å²) in [5, 5.41) is 9.38. The first-order valence-electron chi connectivity index (χ1n) is 7.93. The molecule has 28 heavy (non-hydrogen) atoms. The van der Waals surface area contributed by atoms with Gasteiger partial charge in [0, 0.05) is 17.7 Å². The molecule has 0 saturated heterocycles. The maximum Gasteiger partial charge on any atom is 0.425 e. The van der Waals surface area contributed by atoms with Crippen LogP contribution in [0.15, 0.2) is 50.3 Å². The first-order valence-corrected chi connectivity index (χ1v) is 9.12. The van der Waals surface area contributed by atoms with Gasteiger partial charge in [0.25, 0.3) is 0 Å². The zero-order valence-electron chi connectivity index (χ0n) is 14.6. The van der Waals surface area contributed by atoms with Crippen LogP contribution in [0.25, 0.3) is 0 Å². The molecule has 0 unspecified atom stereocenters. The number of aliphatic carboxylic acids is 1. The number of aliphatic imine (C=N–C) groups is 1. The number of allylic oxidation sites excluding steroid dienone is 4. The highest BCUT2D eigenvalue weighted by atomic mass is 35.5. The lowest BCUT2D eigenvalue weighted by molar-refractivity contribution is -0.136. The number of hydrogen-bond acceptors (Lipinski definition) is 5. The number of hydrogen-bond donors (Lipinski definition) is 1. The van der Waals surface area contributed by atoms with E-state index in [1.165, 1.54) is 7.11 Å². The molecule has 0 spiro atoms. The standard InChI is InChI=1S/C18H13ClF3NO4S/c1-7-8(5-13(24)25)14-10(23-7)6-9(19)17(27-2)15(14)16(26)11-3-4-12(28-11)18(20,21)22/h3-4H,5-6H2,1-2H3,(H,24,25). The molecule has 0 atom stereocenters. The number of carboxylic acids is 1. The first-order chi connectivity index (χ1) is 13.0. The molecule has 2 aliphatic rings. The highest BCUT2D eigenvalue weighted by Crippen LogP contribution is 2.43. The predicted molar refractivity (Wildman–Crippen MR) is 97.6 cm³/mol. The van der Waals surface area contributed by atoms with Crippen LogP contribution in [0.2, 0.25) is 0 Å². The van der Waals surface area contributed by atoms with Gasteiger partial charge in [-0.3, -0.25) is 14.6 Å². The molecule has 1 N–H and O–H groups in total. The Bertz CT molecular complexity index is 1010. The van der Waals surface area contributed by atoms with E-state index in [1.54, 1.807) is 6.92 Å². The van der Waals surface area contributed by atoms with Crippen molar-refractivity contribution in [2.75, 3.05) is 7.11 Å². The van der Waals surface area contributed by atoms with Crippen molar-refractivity contribution in [3.8, 4) is 0 Å². The van der Waals surface area contributed by atoms with Gasteiger partial charge in [-0.05, 0) is 24.6 Å². The number of ketones is 1. The fourth-order valence-corrected chi connectivity index (χ4v) is 4.23. The summed E-state index contributed by atoms with van der Waals surface area (Å²) in [6, 6.07) is 1.91. The van der Waals surface area contributed by atoms with Crippen molar-refractivity contribution in [1.29, 1.82) is 0 Å². The minimum absolute atomic E-state index is 0.0140. The largest absolute Gasteiger partial charge is 0.495 e. The average Bonchev–Trinajstić information content (AvgIpc) is 3.18. The van der Waals surface area contributed by atoms with Crippen LogP contribution in [0, 0.1) is 0 Å². The second kappa shape index (κ2) is 7.21. The lowest BCUT2D eigenvalue weighted by Gasteiger charge is -2.22. The lowest BCUT2D eigenvalue weighted by atomic mass is 9.86. The normalized spacial score (nSPS) is 17.1. The third-order valence-corrected chi connectivity index (χ3v) is 5.68. The number of carbonyl (C=O) groups is 2. The van der Waals surface area contributed by atoms with Crippen molar-refractivity contribution in [3.05, 3.63) is 55.1 Å². The Hall–Kier alpha value is -2.39. The van der Waals surface area contributed by atoms with Crippen LogP contribution in [0.4, 0.5) is 13.2 Å². The number of ether oxygens (including phenoxy) is 1. The van der Waals surface area contributed by atoms with Gasteiger partial charge in [0.2, 0.25) is 5.78 Å². The van der Waals surface area contributed by atoms with E-state index in [0.717, 1.165) is 12.1 Å². The fraction of sp³-hybridized carbons (Fsp3) is 0.278. The predicted octanol–water partition coefficient (Wildman–Crippen LogP) is 4.95. The van der Waals surface area contributed by atoms with Gasteiger partial charge in [0.1, 0.15) is 10.6 Å². The minimum atomic E-state index is -4.57. The van der Waals surface area contributed by atoms with Crippen LogP contribution in [-0.4, -0.2) is 29.7 Å². The number of methoxy groups -OCH3 is 1. The Morgan fingerprint density at radius 1 is 1.36 bits per heavy atom. The summed E-state index contributed by atoms with van der Waals surface area (Å²) >= 11 is 6.53. The number of nitrogens with zero attached hydrogens (tertiary/aromatic N) is 1. The third kappa shape index (κ3) is 3.51. The van der Waals surface area contributed by atoms with Crippen molar-refractivity contribution in [3.63, 3.8) is 0 Å². The van der Waals surface area contributed by atoms with Gasteiger partial charge in [-0.25, -0.2) is 0 Å². The average molecular weight is 432 g/mol. The first kappa shape index (κ1) is 20.3. The molecule has 2 heterocycles. The molecule has 0 radical (unpaired) electrons. The van der Waals surface area contributed by atoms with Crippen LogP contribution >= 0.6 is 22.9 Å². The smallest absolute Gasteiger partial charge is 0.425 e. The van der Waals surface area contributed by atoms with Gasteiger partial charge in [-0.1, -0.05) is 11.6 Å². The molecule has 1 aliphatic heterocycles. The number of Topliss-reactive ketones (excluding diaryl/α,β-unsaturated/α-hetero) is 1. The number of carboxylic acid groups (broad SMARTS) is 1.